The van der Waals surface area contributed by atoms with Gasteiger partial charge in [0.1, 0.15) is 6.61 Å². The Morgan fingerprint density at radius 1 is 0.391 bits per heavy atom. The topological polar surface area (TPSA) is 61.8 Å². The van der Waals surface area contributed by atoms with Crippen molar-refractivity contribution in [2.24, 2.45) is 0 Å². The third-order valence-electron chi connectivity index (χ3n) is 9.14. The molecule has 0 rings (SSSR count). The SMILES string of the molecule is CCCCCCCCCCCCCCCCOCC(COC(=O)CCCCCCCCCCC)OC(=O)CCCCCCCCC. The lowest BCUT2D eigenvalue weighted by atomic mass is 10.0. The highest BCUT2D eigenvalue weighted by Crippen LogP contribution is 2.14. The van der Waals surface area contributed by atoms with Gasteiger partial charge in [-0.3, -0.25) is 9.59 Å². The number of carbonyl (C=O) groups excluding carboxylic acids is 2. The van der Waals surface area contributed by atoms with E-state index in [1.54, 1.807) is 0 Å². The summed E-state index contributed by atoms with van der Waals surface area (Å²) >= 11 is 0. The molecular formula is C41H80O5. The van der Waals surface area contributed by atoms with Gasteiger partial charge in [-0.05, 0) is 19.3 Å². The van der Waals surface area contributed by atoms with Gasteiger partial charge in [-0.15, -0.1) is 0 Å². The second kappa shape index (κ2) is 38.3. The van der Waals surface area contributed by atoms with Crippen LogP contribution in [0.3, 0.4) is 0 Å². The molecule has 0 aliphatic rings. The zero-order chi connectivity index (χ0) is 33.6. The lowest BCUT2D eigenvalue weighted by Crippen LogP contribution is -2.30. The number of ether oxygens (including phenoxy) is 3. The summed E-state index contributed by atoms with van der Waals surface area (Å²) in [5.74, 6) is -0.392. The first-order valence-corrected chi connectivity index (χ1v) is 20.6. The van der Waals surface area contributed by atoms with Gasteiger partial charge >= 0.3 is 11.9 Å². The molecule has 0 heterocycles. The van der Waals surface area contributed by atoms with Crippen molar-refractivity contribution in [1.29, 1.82) is 0 Å². The van der Waals surface area contributed by atoms with Gasteiger partial charge < -0.3 is 14.2 Å². The van der Waals surface area contributed by atoms with E-state index in [0.29, 0.717) is 26.1 Å². The molecule has 0 spiro atoms. The van der Waals surface area contributed by atoms with E-state index in [9.17, 15) is 9.59 Å². The first kappa shape index (κ1) is 44.9. The molecule has 46 heavy (non-hydrogen) atoms. The highest BCUT2D eigenvalue weighted by Gasteiger charge is 2.17. The van der Waals surface area contributed by atoms with E-state index in [-0.39, 0.29) is 18.5 Å². The van der Waals surface area contributed by atoms with Crippen LogP contribution in [0, 0.1) is 0 Å². The zero-order valence-corrected chi connectivity index (χ0v) is 31.4. The Morgan fingerprint density at radius 3 is 1.11 bits per heavy atom. The summed E-state index contributed by atoms with van der Waals surface area (Å²) in [7, 11) is 0. The molecule has 0 N–H and O–H groups in total. The molecule has 0 bridgehead atoms. The van der Waals surface area contributed by atoms with Crippen LogP contribution >= 0.6 is 0 Å². The molecule has 5 nitrogen and oxygen atoms in total. The molecular weight excluding hydrogens is 572 g/mol. The first-order chi connectivity index (χ1) is 22.6. The largest absolute Gasteiger partial charge is 0.462 e. The smallest absolute Gasteiger partial charge is 0.306 e. The van der Waals surface area contributed by atoms with E-state index < -0.39 is 6.10 Å². The Morgan fingerprint density at radius 2 is 0.717 bits per heavy atom. The Bertz CT molecular complexity index is 622. The Kier molecular flexibility index (Phi) is 37.4. The van der Waals surface area contributed by atoms with Gasteiger partial charge in [-0.1, -0.05) is 194 Å². The molecule has 0 aromatic rings. The van der Waals surface area contributed by atoms with Crippen molar-refractivity contribution in [3.8, 4) is 0 Å². The third-order valence-corrected chi connectivity index (χ3v) is 9.14. The third kappa shape index (κ3) is 35.7. The van der Waals surface area contributed by atoms with Gasteiger partial charge in [0.05, 0.1) is 6.61 Å². The molecule has 0 aliphatic carbocycles. The van der Waals surface area contributed by atoms with Crippen LogP contribution in [0.1, 0.15) is 226 Å². The van der Waals surface area contributed by atoms with Gasteiger partial charge in [0.15, 0.2) is 6.10 Å². The highest BCUT2D eigenvalue weighted by molar-refractivity contribution is 5.70. The molecule has 0 aliphatic heterocycles. The summed E-state index contributed by atoms with van der Waals surface area (Å²) in [5.41, 5.74) is 0. The average molecular weight is 653 g/mol. The van der Waals surface area contributed by atoms with Crippen LogP contribution in [0.2, 0.25) is 0 Å². The fraction of sp³-hybridized carbons (Fsp3) is 0.951. The highest BCUT2D eigenvalue weighted by atomic mass is 16.6. The van der Waals surface area contributed by atoms with Crippen molar-refractivity contribution in [3.05, 3.63) is 0 Å². The van der Waals surface area contributed by atoms with E-state index in [4.69, 9.17) is 14.2 Å². The van der Waals surface area contributed by atoms with Crippen molar-refractivity contribution < 1.29 is 23.8 Å². The quantitative estimate of drug-likeness (QED) is 0.0490. The monoisotopic (exact) mass is 653 g/mol. The van der Waals surface area contributed by atoms with Gasteiger partial charge in [0, 0.05) is 19.4 Å². The van der Waals surface area contributed by atoms with Crippen LogP contribution in [0.15, 0.2) is 0 Å². The van der Waals surface area contributed by atoms with Crippen LogP contribution in [0.25, 0.3) is 0 Å². The van der Waals surface area contributed by atoms with E-state index in [1.807, 2.05) is 0 Å². The number of hydrogen-bond acceptors (Lipinski definition) is 5. The van der Waals surface area contributed by atoms with Gasteiger partial charge in [-0.25, -0.2) is 0 Å². The molecule has 0 saturated heterocycles. The second-order valence-electron chi connectivity index (χ2n) is 13.9. The Labute approximate surface area is 287 Å². The summed E-state index contributed by atoms with van der Waals surface area (Å²) in [4.78, 5) is 24.9. The molecule has 0 aromatic heterocycles. The summed E-state index contributed by atoms with van der Waals surface area (Å²) in [6, 6.07) is 0. The van der Waals surface area contributed by atoms with Crippen molar-refractivity contribution in [1.82, 2.24) is 0 Å². The standard InChI is InChI=1S/C41H80O5/c1-4-7-10-13-16-18-19-20-21-22-24-27-30-33-36-44-37-39(46-41(43)35-32-29-25-15-12-9-6-3)38-45-40(42)34-31-28-26-23-17-14-11-8-5-2/h39H,4-38H2,1-3H3. The lowest BCUT2D eigenvalue weighted by Gasteiger charge is -2.18. The van der Waals surface area contributed by atoms with Crippen molar-refractivity contribution in [2.75, 3.05) is 19.8 Å². The molecule has 274 valence electrons. The molecule has 0 radical (unpaired) electrons. The van der Waals surface area contributed by atoms with Crippen molar-refractivity contribution >= 4 is 11.9 Å². The average Bonchev–Trinajstić information content (AvgIpc) is 3.05. The number of unbranched alkanes of at least 4 members (excludes halogenated alkanes) is 27. The van der Waals surface area contributed by atoms with Gasteiger partial charge in [0.25, 0.3) is 0 Å². The lowest BCUT2D eigenvalue weighted by molar-refractivity contribution is -0.163. The molecule has 5 heteroatoms. The number of hydrogen-bond donors (Lipinski definition) is 0. The van der Waals surface area contributed by atoms with E-state index in [1.165, 1.54) is 161 Å². The number of rotatable bonds is 38. The molecule has 0 amide bonds. The summed E-state index contributed by atoms with van der Waals surface area (Å²) in [6.07, 6.45) is 38.2. The maximum atomic E-state index is 12.5. The van der Waals surface area contributed by atoms with E-state index >= 15 is 0 Å². The minimum atomic E-state index is -0.518. The maximum absolute atomic E-state index is 12.5. The van der Waals surface area contributed by atoms with Crippen LogP contribution in [-0.4, -0.2) is 37.9 Å². The fourth-order valence-electron chi connectivity index (χ4n) is 6.04. The predicted molar refractivity (Wildman–Crippen MR) is 196 cm³/mol. The summed E-state index contributed by atoms with van der Waals surface area (Å²) in [5, 5.41) is 0. The molecule has 0 saturated carbocycles. The number of esters is 2. The maximum Gasteiger partial charge on any atom is 0.306 e. The van der Waals surface area contributed by atoms with Crippen molar-refractivity contribution in [2.45, 2.75) is 232 Å². The minimum Gasteiger partial charge on any atom is -0.462 e. The van der Waals surface area contributed by atoms with Crippen LogP contribution < -0.4 is 0 Å². The molecule has 0 aromatic carbocycles. The fourth-order valence-corrected chi connectivity index (χ4v) is 6.04. The first-order valence-electron chi connectivity index (χ1n) is 20.6. The van der Waals surface area contributed by atoms with Gasteiger partial charge in [0.2, 0.25) is 0 Å². The predicted octanol–water partition coefficient (Wildman–Crippen LogP) is 13.0. The van der Waals surface area contributed by atoms with Crippen LogP contribution in [-0.2, 0) is 23.8 Å². The molecule has 1 atom stereocenters. The van der Waals surface area contributed by atoms with Crippen molar-refractivity contribution in [3.63, 3.8) is 0 Å². The minimum absolute atomic E-state index is 0.0950. The summed E-state index contributed by atoms with van der Waals surface area (Å²) in [6.45, 7) is 7.81. The molecule has 1 unspecified atom stereocenters. The molecule has 0 fully saturated rings. The van der Waals surface area contributed by atoms with Crippen LogP contribution in [0.5, 0.6) is 0 Å². The second-order valence-corrected chi connectivity index (χ2v) is 13.9. The van der Waals surface area contributed by atoms with E-state index in [0.717, 1.165) is 32.1 Å². The van der Waals surface area contributed by atoms with Crippen LogP contribution in [0.4, 0.5) is 0 Å². The normalized spacial score (nSPS) is 12.0. The van der Waals surface area contributed by atoms with E-state index in [2.05, 4.69) is 20.8 Å². The Hall–Kier alpha value is -1.10. The zero-order valence-electron chi connectivity index (χ0n) is 31.4. The van der Waals surface area contributed by atoms with Gasteiger partial charge in [-0.2, -0.15) is 0 Å². The number of carbonyl (C=O) groups is 2. The summed E-state index contributed by atoms with van der Waals surface area (Å²) < 4.78 is 17.2. The Balaban J connectivity index is 4.11.